The number of carbonyl (C=O) groups excluding carboxylic acids is 2. The van der Waals surface area contributed by atoms with Crippen LogP contribution in [0.25, 0.3) is 5.76 Å². The summed E-state index contributed by atoms with van der Waals surface area (Å²) in [5.41, 5.74) is 3.02. The number of Topliss-reactive ketones (excluding diaryl/α,β-unsaturated/α-hetero) is 1. The number of hydrogen-bond acceptors (Lipinski definition) is 6. The van der Waals surface area contributed by atoms with Gasteiger partial charge in [0.2, 0.25) is 0 Å². The Balaban J connectivity index is 1.56. The van der Waals surface area contributed by atoms with Crippen LogP contribution in [0.5, 0.6) is 11.5 Å². The van der Waals surface area contributed by atoms with Gasteiger partial charge in [-0.1, -0.05) is 31.5 Å². The number of aliphatic hydroxyl groups is 1. The normalized spacial score (nSPS) is 20.1. The fourth-order valence-electron chi connectivity index (χ4n) is 4.88. The van der Waals surface area contributed by atoms with Gasteiger partial charge in [-0.05, 0) is 66.4 Å². The summed E-state index contributed by atoms with van der Waals surface area (Å²) in [6, 6.07) is 15.6. The minimum Gasteiger partial charge on any atom is -0.507 e. The third-order valence-corrected chi connectivity index (χ3v) is 6.75. The van der Waals surface area contributed by atoms with Gasteiger partial charge in [-0.15, -0.1) is 0 Å². The van der Waals surface area contributed by atoms with Gasteiger partial charge in [0.1, 0.15) is 23.4 Å². The Morgan fingerprint density at radius 3 is 2.70 bits per heavy atom. The number of aliphatic hydroxyl groups excluding tert-OH is 1. The number of pyridine rings is 1. The highest BCUT2D eigenvalue weighted by atomic mass is 16.5. The first-order valence-corrected chi connectivity index (χ1v) is 12.7. The topological polar surface area (TPSA) is 89.0 Å². The molecular formula is C30H30N2O5. The molecule has 2 aliphatic rings. The van der Waals surface area contributed by atoms with Crippen LogP contribution in [-0.4, -0.2) is 39.4 Å². The maximum Gasteiger partial charge on any atom is 0.295 e. The number of likely N-dealkylation sites (tertiary alicyclic amines) is 1. The SMILES string of the molecule is CCCCOc1ccc([C@@H]2C(=C(O)c3ccc4c(c3)C[C@@H](C)O4)C(=O)C(=O)N2Cc2cccnc2)cc1. The van der Waals surface area contributed by atoms with Crippen LogP contribution in [0.3, 0.4) is 0 Å². The largest absolute Gasteiger partial charge is 0.507 e. The van der Waals surface area contributed by atoms with Crippen molar-refractivity contribution in [2.45, 2.75) is 51.8 Å². The summed E-state index contributed by atoms with van der Waals surface area (Å²) in [4.78, 5) is 32.3. The Hall–Kier alpha value is -4.13. The number of rotatable bonds is 8. The first kappa shape index (κ1) is 24.6. The van der Waals surface area contributed by atoms with Crippen LogP contribution >= 0.6 is 0 Å². The number of carbonyl (C=O) groups is 2. The molecule has 7 nitrogen and oxygen atoms in total. The van der Waals surface area contributed by atoms with Gasteiger partial charge in [0.05, 0.1) is 18.2 Å². The van der Waals surface area contributed by atoms with Gasteiger partial charge in [-0.3, -0.25) is 14.6 Å². The number of fused-ring (bicyclic) bond motifs is 1. The quantitative estimate of drug-likeness (QED) is 0.199. The molecule has 0 bridgehead atoms. The number of unbranched alkanes of at least 4 members (excludes halogenated alkanes) is 1. The first-order valence-electron chi connectivity index (χ1n) is 12.7. The molecule has 1 fully saturated rings. The zero-order valence-corrected chi connectivity index (χ0v) is 21.0. The molecule has 0 unspecified atom stereocenters. The number of amides is 1. The van der Waals surface area contributed by atoms with Crippen LogP contribution in [0.15, 0.2) is 72.6 Å². The summed E-state index contributed by atoms with van der Waals surface area (Å²) in [5.74, 6) is -0.0651. The van der Waals surface area contributed by atoms with Gasteiger partial charge in [-0.25, -0.2) is 0 Å². The Morgan fingerprint density at radius 2 is 1.97 bits per heavy atom. The molecule has 1 aromatic heterocycles. The highest BCUT2D eigenvalue weighted by Gasteiger charge is 2.46. The van der Waals surface area contributed by atoms with Crippen LogP contribution in [-0.2, 0) is 22.6 Å². The highest BCUT2D eigenvalue weighted by Crippen LogP contribution is 2.41. The molecule has 0 spiro atoms. The Morgan fingerprint density at radius 1 is 1.16 bits per heavy atom. The second kappa shape index (κ2) is 10.5. The summed E-state index contributed by atoms with van der Waals surface area (Å²) < 4.78 is 11.6. The molecule has 7 heteroatoms. The van der Waals surface area contributed by atoms with Crippen LogP contribution < -0.4 is 9.47 Å². The maximum atomic E-state index is 13.4. The highest BCUT2D eigenvalue weighted by molar-refractivity contribution is 6.46. The molecule has 0 radical (unpaired) electrons. The molecule has 3 aromatic rings. The summed E-state index contributed by atoms with van der Waals surface area (Å²) in [6.45, 7) is 4.89. The van der Waals surface area contributed by atoms with Crippen LogP contribution in [0, 0.1) is 0 Å². The molecule has 190 valence electrons. The first-order chi connectivity index (χ1) is 18.0. The van der Waals surface area contributed by atoms with E-state index in [0.717, 1.165) is 29.7 Å². The van der Waals surface area contributed by atoms with E-state index in [-0.39, 0.29) is 24.0 Å². The lowest BCUT2D eigenvalue weighted by Gasteiger charge is -2.25. The fraction of sp³-hybridized carbons (Fsp3) is 0.300. The van der Waals surface area contributed by atoms with Crippen molar-refractivity contribution in [3.63, 3.8) is 0 Å². The van der Waals surface area contributed by atoms with E-state index >= 15 is 0 Å². The third kappa shape index (κ3) is 4.94. The number of benzene rings is 2. The lowest BCUT2D eigenvalue weighted by Crippen LogP contribution is -2.29. The van der Waals surface area contributed by atoms with E-state index < -0.39 is 17.7 Å². The van der Waals surface area contributed by atoms with E-state index in [4.69, 9.17) is 9.47 Å². The van der Waals surface area contributed by atoms with Crippen molar-refractivity contribution in [1.29, 1.82) is 0 Å². The van der Waals surface area contributed by atoms with Crippen molar-refractivity contribution in [2.24, 2.45) is 0 Å². The van der Waals surface area contributed by atoms with Gasteiger partial charge in [0.15, 0.2) is 0 Å². The van der Waals surface area contributed by atoms with E-state index in [1.807, 2.05) is 43.3 Å². The van der Waals surface area contributed by atoms with E-state index in [9.17, 15) is 14.7 Å². The molecule has 2 aromatic carbocycles. The molecule has 1 N–H and O–H groups in total. The monoisotopic (exact) mass is 498 g/mol. The van der Waals surface area contributed by atoms with Crippen molar-refractivity contribution in [3.8, 4) is 11.5 Å². The molecule has 1 amide bonds. The Labute approximate surface area is 216 Å². The molecular weight excluding hydrogens is 468 g/mol. The predicted molar refractivity (Wildman–Crippen MR) is 139 cm³/mol. The van der Waals surface area contributed by atoms with Gasteiger partial charge in [0.25, 0.3) is 11.7 Å². The second-order valence-electron chi connectivity index (χ2n) is 9.51. The number of ether oxygens (including phenoxy) is 2. The van der Waals surface area contributed by atoms with Crippen LogP contribution in [0.2, 0.25) is 0 Å². The minimum absolute atomic E-state index is 0.0514. The van der Waals surface area contributed by atoms with Gasteiger partial charge in [0, 0.05) is 30.9 Å². The van der Waals surface area contributed by atoms with Gasteiger partial charge < -0.3 is 19.5 Å². The van der Waals surface area contributed by atoms with Crippen molar-refractivity contribution in [3.05, 3.63) is 94.8 Å². The molecule has 3 heterocycles. The fourth-order valence-corrected chi connectivity index (χ4v) is 4.88. The number of aromatic nitrogens is 1. The average molecular weight is 499 g/mol. The zero-order chi connectivity index (χ0) is 25.9. The zero-order valence-electron chi connectivity index (χ0n) is 21.0. The van der Waals surface area contributed by atoms with Crippen molar-refractivity contribution < 1.29 is 24.2 Å². The second-order valence-corrected chi connectivity index (χ2v) is 9.51. The number of hydrogen-bond donors (Lipinski definition) is 1. The summed E-state index contributed by atoms with van der Waals surface area (Å²) >= 11 is 0. The summed E-state index contributed by atoms with van der Waals surface area (Å²) in [7, 11) is 0. The molecule has 37 heavy (non-hydrogen) atoms. The lowest BCUT2D eigenvalue weighted by atomic mass is 9.94. The maximum absolute atomic E-state index is 13.4. The van der Waals surface area contributed by atoms with Crippen molar-refractivity contribution in [2.75, 3.05) is 6.61 Å². The van der Waals surface area contributed by atoms with Crippen LogP contribution in [0.4, 0.5) is 0 Å². The van der Waals surface area contributed by atoms with E-state index in [2.05, 4.69) is 11.9 Å². The van der Waals surface area contributed by atoms with E-state index in [0.29, 0.717) is 29.9 Å². The standard InChI is InChI=1S/C30H30N2O5/c1-3-4-14-36-24-10-7-21(8-11-24)27-26(28(33)22-9-12-25-23(16-22)15-19(2)37-25)29(34)30(35)32(27)18-20-6-5-13-31-17-20/h5-13,16-17,19,27,33H,3-4,14-15,18H2,1-2H3/t19-,27-/m1/s1. The Bertz CT molecular complexity index is 1330. The van der Waals surface area contributed by atoms with E-state index in [1.54, 1.807) is 30.6 Å². The smallest absolute Gasteiger partial charge is 0.295 e. The van der Waals surface area contributed by atoms with Gasteiger partial charge >= 0.3 is 0 Å². The third-order valence-electron chi connectivity index (χ3n) is 6.75. The van der Waals surface area contributed by atoms with Gasteiger partial charge in [-0.2, -0.15) is 0 Å². The predicted octanol–water partition coefficient (Wildman–Crippen LogP) is 5.21. The molecule has 0 saturated carbocycles. The summed E-state index contributed by atoms with van der Waals surface area (Å²) in [6.07, 6.45) is 6.09. The van der Waals surface area contributed by atoms with Crippen LogP contribution in [0.1, 0.15) is 55.0 Å². The van der Waals surface area contributed by atoms with Crippen molar-refractivity contribution >= 4 is 17.4 Å². The van der Waals surface area contributed by atoms with Crippen molar-refractivity contribution in [1.82, 2.24) is 9.88 Å². The lowest BCUT2D eigenvalue weighted by molar-refractivity contribution is -0.140. The number of ketones is 1. The average Bonchev–Trinajstić information content (AvgIpc) is 3.40. The molecule has 0 aliphatic carbocycles. The molecule has 1 saturated heterocycles. The minimum atomic E-state index is -0.756. The molecule has 5 rings (SSSR count). The summed E-state index contributed by atoms with van der Waals surface area (Å²) in [5, 5.41) is 11.4. The van der Waals surface area contributed by atoms with E-state index in [1.165, 1.54) is 4.90 Å². The molecule has 2 atom stereocenters. The molecule has 2 aliphatic heterocycles. The Kier molecular flexibility index (Phi) is 6.95. The number of nitrogens with zero attached hydrogens (tertiary/aromatic N) is 2.